The topological polar surface area (TPSA) is 53.5 Å². The fourth-order valence-corrected chi connectivity index (χ4v) is 3.20. The molecular weight excluding hydrogens is 326 g/mol. The normalized spacial score (nSPS) is 14.9. The van der Waals surface area contributed by atoms with Crippen molar-refractivity contribution in [1.29, 1.82) is 0 Å². The van der Waals surface area contributed by atoms with Gasteiger partial charge >= 0.3 is 0 Å². The zero-order valence-corrected chi connectivity index (χ0v) is 15.4. The fourth-order valence-electron chi connectivity index (χ4n) is 3.20. The lowest BCUT2D eigenvalue weighted by Crippen LogP contribution is -2.38. The van der Waals surface area contributed by atoms with Gasteiger partial charge in [0.1, 0.15) is 5.69 Å². The van der Waals surface area contributed by atoms with Crippen LogP contribution in [0.4, 0.5) is 0 Å². The van der Waals surface area contributed by atoms with Crippen molar-refractivity contribution in [1.82, 2.24) is 14.8 Å². The first-order valence-corrected chi connectivity index (χ1v) is 9.09. The maximum absolute atomic E-state index is 12.7. The van der Waals surface area contributed by atoms with Crippen molar-refractivity contribution >= 4 is 11.8 Å². The second-order valence-corrected chi connectivity index (χ2v) is 7.05. The summed E-state index contributed by atoms with van der Waals surface area (Å²) in [7, 11) is 1.77. The monoisotopic (exact) mass is 351 g/mol. The highest BCUT2D eigenvalue weighted by molar-refractivity contribution is 5.98. The second kappa shape index (κ2) is 8.13. The Bertz CT molecular complexity index is 768. The van der Waals surface area contributed by atoms with E-state index in [1.54, 1.807) is 30.3 Å². The van der Waals surface area contributed by atoms with Gasteiger partial charge in [-0.3, -0.25) is 14.6 Å². The Labute approximate surface area is 154 Å². The third-order valence-electron chi connectivity index (χ3n) is 4.91. The number of benzene rings is 1. The van der Waals surface area contributed by atoms with Gasteiger partial charge in [0.25, 0.3) is 11.8 Å². The molecule has 1 saturated heterocycles. The molecule has 2 heterocycles. The predicted molar refractivity (Wildman–Crippen MR) is 101 cm³/mol. The number of pyridine rings is 1. The third kappa shape index (κ3) is 4.28. The molecule has 136 valence electrons. The molecule has 0 aliphatic carbocycles. The first kappa shape index (κ1) is 18.1. The highest BCUT2D eigenvalue weighted by Crippen LogP contribution is 2.18. The summed E-state index contributed by atoms with van der Waals surface area (Å²) in [6.07, 6.45) is 3.58. The molecule has 0 atom stereocenters. The Hall–Kier alpha value is -2.69. The Morgan fingerprint density at radius 1 is 1.15 bits per heavy atom. The molecule has 3 rings (SSSR count). The quantitative estimate of drug-likeness (QED) is 0.850. The van der Waals surface area contributed by atoms with Crippen LogP contribution in [0.2, 0.25) is 0 Å². The van der Waals surface area contributed by atoms with Gasteiger partial charge in [0, 0.05) is 38.4 Å². The summed E-state index contributed by atoms with van der Waals surface area (Å²) in [5.74, 6) is 0.460. The molecule has 2 amide bonds. The standard InChI is InChI=1S/C21H25N3O2/c1-16-9-12-24(13-10-16)21(26)19-14-18(8-11-22-19)20(25)23(2)15-17-6-4-3-5-7-17/h3-8,11,14,16H,9-10,12-13,15H2,1-2H3. The summed E-state index contributed by atoms with van der Waals surface area (Å²) in [5, 5.41) is 0. The largest absolute Gasteiger partial charge is 0.337 e. The fraction of sp³-hybridized carbons (Fsp3) is 0.381. The highest BCUT2D eigenvalue weighted by atomic mass is 16.2. The van der Waals surface area contributed by atoms with Crippen molar-refractivity contribution in [2.45, 2.75) is 26.3 Å². The number of hydrogen-bond acceptors (Lipinski definition) is 3. The molecule has 2 aromatic rings. The number of piperidine rings is 1. The van der Waals surface area contributed by atoms with Gasteiger partial charge in [0.15, 0.2) is 0 Å². The molecule has 0 bridgehead atoms. The molecule has 1 fully saturated rings. The molecule has 26 heavy (non-hydrogen) atoms. The van der Waals surface area contributed by atoms with Gasteiger partial charge in [-0.05, 0) is 36.5 Å². The molecule has 0 unspecified atom stereocenters. The van der Waals surface area contributed by atoms with E-state index >= 15 is 0 Å². The maximum Gasteiger partial charge on any atom is 0.272 e. The minimum Gasteiger partial charge on any atom is -0.337 e. The van der Waals surface area contributed by atoms with Gasteiger partial charge in [-0.25, -0.2) is 0 Å². The van der Waals surface area contributed by atoms with Crippen LogP contribution in [0.15, 0.2) is 48.7 Å². The zero-order chi connectivity index (χ0) is 18.5. The number of carbonyl (C=O) groups excluding carboxylic acids is 2. The lowest BCUT2D eigenvalue weighted by molar-refractivity contribution is 0.0691. The molecule has 0 spiro atoms. The van der Waals surface area contributed by atoms with Gasteiger partial charge < -0.3 is 9.80 Å². The van der Waals surface area contributed by atoms with Crippen LogP contribution in [0.3, 0.4) is 0 Å². The van der Waals surface area contributed by atoms with Gasteiger partial charge in [0.05, 0.1) is 0 Å². The van der Waals surface area contributed by atoms with E-state index in [0.717, 1.165) is 31.5 Å². The zero-order valence-electron chi connectivity index (χ0n) is 15.4. The molecular formula is C21H25N3O2. The summed E-state index contributed by atoms with van der Waals surface area (Å²) in [6, 6.07) is 13.1. The molecule has 5 heteroatoms. The van der Waals surface area contributed by atoms with E-state index in [9.17, 15) is 9.59 Å². The number of aromatic nitrogens is 1. The molecule has 0 N–H and O–H groups in total. The van der Waals surface area contributed by atoms with E-state index < -0.39 is 0 Å². The van der Waals surface area contributed by atoms with Crippen molar-refractivity contribution in [2.24, 2.45) is 5.92 Å². The molecule has 0 saturated carbocycles. The highest BCUT2D eigenvalue weighted by Gasteiger charge is 2.23. The van der Waals surface area contributed by atoms with Crippen LogP contribution in [-0.2, 0) is 6.54 Å². The number of carbonyl (C=O) groups is 2. The SMILES string of the molecule is CC1CCN(C(=O)c2cc(C(=O)N(C)Cc3ccccc3)ccn2)CC1. The molecule has 5 nitrogen and oxygen atoms in total. The summed E-state index contributed by atoms with van der Waals surface area (Å²) in [5.41, 5.74) is 1.90. The number of likely N-dealkylation sites (tertiary alicyclic amines) is 1. The lowest BCUT2D eigenvalue weighted by atomic mass is 9.99. The van der Waals surface area contributed by atoms with E-state index in [2.05, 4.69) is 11.9 Å². The van der Waals surface area contributed by atoms with Crippen molar-refractivity contribution in [3.05, 3.63) is 65.5 Å². The summed E-state index contributed by atoms with van der Waals surface area (Å²) < 4.78 is 0. The van der Waals surface area contributed by atoms with Crippen LogP contribution >= 0.6 is 0 Å². The number of rotatable bonds is 4. The first-order valence-electron chi connectivity index (χ1n) is 9.09. The minimum atomic E-state index is -0.113. The molecule has 0 radical (unpaired) electrons. The minimum absolute atomic E-state index is 0.0859. The van der Waals surface area contributed by atoms with Crippen molar-refractivity contribution in [3.8, 4) is 0 Å². The van der Waals surface area contributed by atoms with Gasteiger partial charge in [-0.2, -0.15) is 0 Å². The second-order valence-electron chi connectivity index (χ2n) is 7.05. The van der Waals surface area contributed by atoms with Gasteiger partial charge in [0.2, 0.25) is 0 Å². The Morgan fingerprint density at radius 3 is 2.54 bits per heavy atom. The Kier molecular flexibility index (Phi) is 5.66. The van der Waals surface area contributed by atoms with E-state index in [0.29, 0.717) is 23.7 Å². The van der Waals surface area contributed by atoms with Crippen LogP contribution in [-0.4, -0.2) is 46.7 Å². The van der Waals surface area contributed by atoms with Crippen molar-refractivity contribution < 1.29 is 9.59 Å². The Balaban J connectivity index is 1.70. The average molecular weight is 351 g/mol. The average Bonchev–Trinajstić information content (AvgIpc) is 2.68. The Morgan fingerprint density at radius 2 is 1.85 bits per heavy atom. The summed E-state index contributed by atoms with van der Waals surface area (Å²) >= 11 is 0. The molecule has 1 aromatic heterocycles. The van der Waals surface area contributed by atoms with Gasteiger partial charge in [-0.15, -0.1) is 0 Å². The van der Waals surface area contributed by atoms with E-state index in [1.165, 1.54) is 0 Å². The van der Waals surface area contributed by atoms with Crippen molar-refractivity contribution in [3.63, 3.8) is 0 Å². The number of amides is 2. The first-order chi connectivity index (χ1) is 12.5. The summed E-state index contributed by atoms with van der Waals surface area (Å²) in [4.78, 5) is 33.1. The third-order valence-corrected chi connectivity index (χ3v) is 4.91. The summed E-state index contributed by atoms with van der Waals surface area (Å²) in [6.45, 7) is 4.25. The number of hydrogen-bond donors (Lipinski definition) is 0. The van der Waals surface area contributed by atoms with Crippen LogP contribution in [0.25, 0.3) is 0 Å². The van der Waals surface area contributed by atoms with Crippen LogP contribution in [0.5, 0.6) is 0 Å². The number of nitrogens with zero attached hydrogens (tertiary/aromatic N) is 3. The lowest BCUT2D eigenvalue weighted by Gasteiger charge is -2.30. The van der Waals surface area contributed by atoms with Crippen LogP contribution in [0.1, 0.15) is 46.2 Å². The maximum atomic E-state index is 12.7. The van der Waals surface area contributed by atoms with Gasteiger partial charge in [-0.1, -0.05) is 37.3 Å². The smallest absolute Gasteiger partial charge is 0.272 e. The molecule has 1 aromatic carbocycles. The molecule has 1 aliphatic heterocycles. The predicted octanol–water partition coefficient (Wildman–Crippen LogP) is 3.23. The van der Waals surface area contributed by atoms with Crippen LogP contribution in [0, 0.1) is 5.92 Å². The van der Waals surface area contributed by atoms with Crippen LogP contribution < -0.4 is 0 Å². The van der Waals surface area contributed by atoms with Crippen molar-refractivity contribution in [2.75, 3.05) is 20.1 Å². The molecule has 1 aliphatic rings. The van der Waals surface area contributed by atoms with E-state index in [-0.39, 0.29) is 11.8 Å². The van der Waals surface area contributed by atoms with E-state index in [1.807, 2.05) is 35.2 Å². The van der Waals surface area contributed by atoms with E-state index in [4.69, 9.17) is 0 Å².